The minimum absolute atomic E-state index is 0.0413. The van der Waals surface area contributed by atoms with Crippen LogP contribution < -0.4 is 0 Å². The van der Waals surface area contributed by atoms with Crippen molar-refractivity contribution in [3.05, 3.63) is 71.8 Å². The first-order valence-corrected chi connectivity index (χ1v) is 9.63. The molecular formula is C23H28O5. The minimum atomic E-state index is -0.611. The van der Waals surface area contributed by atoms with Gasteiger partial charge in [0.15, 0.2) is 6.29 Å². The van der Waals surface area contributed by atoms with Crippen molar-refractivity contribution in [1.82, 2.24) is 0 Å². The predicted molar refractivity (Wildman–Crippen MR) is 106 cm³/mol. The molecule has 0 radical (unpaired) electrons. The number of carbonyl (C=O) groups is 1. The van der Waals surface area contributed by atoms with E-state index < -0.39 is 12.4 Å². The molecule has 1 saturated heterocycles. The highest BCUT2D eigenvalue weighted by atomic mass is 16.7. The Labute approximate surface area is 166 Å². The van der Waals surface area contributed by atoms with Gasteiger partial charge < -0.3 is 23.7 Å². The van der Waals surface area contributed by atoms with E-state index in [-0.39, 0.29) is 17.9 Å². The van der Waals surface area contributed by atoms with Crippen molar-refractivity contribution in [3.63, 3.8) is 0 Å². The van der Waals surface area contributed by atoms with Crippen LogP contribution in [0.3, 0.4) is 0 Å². The van der Waals surface area contributed by atoms with E-state index in [1.165, 1.54) is 0 Å². The van der Waals surface area contributed by atoms with E-state index in [9.17, 15) is 4.79 Å². The molecule has 0 saturated carbocycles. The average Bonchev–Trinajstić information content (AvgIpc) is 2.75. The molecule has 0 amide bonds. The van der Waals surface area contributed by atoms with E-state index in [2.05, 4.69) is 0 Å². The van der Waals surface area contributed by atoms with Crippen molar-refractivity contribution in [3.8, 4) is 0 Å². The molecule has 1 heterocycles. The first kappa shape index (κ1) is 20.7. The molecule has 5 heteroatoms. The van der Waals surface area contributed by atoms with Crippen LogP contribution in [-0.4, -0.2) is 38.5 Å². The normalized spacial score (nSPS) is 27.4. The van der Waals surface area contributed by atoms with Gasteiger partial charge in [-0.15, -0.1) is 0 Å². The van der Waals surface area contributed by atoms with Crippen LogP contribution in [0.15, 0.2) is 60.7 Å². The smallest absolute Gasteiger partial charge is 0.184 e. The highest BCUT2D eigenvalue weighted by Gasteiger charge is 2.44. The second kappa shape index (κ2) is 10.5. The summed E-state index contributed by atoms with van der Waals surface area (Å²) in [6, 6.07) is 19.8. The summed E-state index contributed by atoms with van der Waals surface area (Å²) in [6.07, 6.45) is -0.344. The molecule has 1 aliphatic rings. The largest absolute Gasteiger partial charge is 0.374 e. The molecule has 0 aromatic heterocycles. The van der Waals surface area contributed by atoms with Crippen LogP contribution in [0.1, 0.15) is 18.1 Å². The molecule has 28 heavy (non-hydrogen) atoms. The van der Waals surface area contributed by atoms with E-state index in [0.717, 1.165) is 17.4 Å². The summed E-state index contributed by atoms with van der Waals surface area (Å²) in [4.78, 5) is 11.9. The first-order chi connectivity index (χ1) is 13.7. The van der Waals surface area contributed by atoms with Gasteiger partial charge in [0.05, 0.1) is 31.8 Å². The SMILES string of the molecule is CO[C@@H]1OC(COCc2ccccc2)[C@H](C)[C@H](C=O)C1OCc1ccccc1. The number of hydrogen-bond acceptors (Lipinski definition) is 5. The lowest BCUT2D eigenvalue weighted by atomic mass is 9.83. The number of hydrogen-bond donors (Lipinski definition) is 0. The maximum Gasteiger partial charge on any atom is 0.184 e. The van der Waals surface area contributed by atoms with E-state index in [0.29, 0.717) is 19.8 Å². The van der Waals surface area contributed by atoms with Gasteiger partial charge in [0.1, 0.15) is 12.4 Å². The molecule has 1 fully saturated rings. The average molecular weight is 384 g/mol. The fraction of sp³-hybridized carbons (Fsp3) is 0.435. The molecule has 2 aromatic carbocycles. The van der Waals surface area contributed by atoms with Gasteiger partial charge in [-0.2, -0.15) is 0 Å². The van der Waals surface area contributed by atoms with Gasteiger partial charge in [-0.05, 0) is 17.0 Å². The number of rotatable bonds is 9. The third-order valence-corrected chi connectivity index (χ3v) is 5.22. The number of aldehydes is 1. The molecule has 0 N–H and O–H groups in total. The molecule has 5 atom stereocenters. The zero-order valence-corrected chi connectivity index (χ0v) is 16.4. The highest BCUT2D eigenvalue weighted by molar-refractivity contribution is 5.55. The van der Waals surface area contributed by atoms with Crippen molar-refractivity contribution < 1.29 is 23.7 Å². The molecule has 1 aliphatic heterocycles. The third-order valence-electron chi connectivity index (χ3n) is 5.22. The van der Waals surface area contributed by atoms with E-state index in [1.807, 2.05) is 67.6 Å². The maximum atomic E-state index is 11.9. The van der Waals surface area contributed by atoms with Gasteiger partial charge in [0.25, 0.3) is 0 Å². The van der Waals surface area contributed by atoms with Crippen LogP contribution in [0, 0.1) is 11.8 Å². The maximum absolute atomic E-state index is 11.9. The fourth-order valence-electron chi connectivity index (χ4n) is 3.51. The Hall–Kier alpha value is -2.05. The number of carbonyl (C=O) groups excluding carboxylic acids is 1. The topological polar surface area (TPSA) is 54.0 Å². The van der Waals surface area contributed by atoms with Crippen LogP contribution in [0.5, 0.6) is 0 Å². The summed E-state index contributed by atoms with van der Waals surface area (Å²) >= 11 is 0. The second-order valence-corrected chi connectivity index (χ2v) is 7.11. The Morgan fingerprint density at radius 1 is 0.964 bits per heavy atom. The standard InChI is InChI=1S/C23H28O5/c1-17-20(13-24)22(27-15-19-11-7-4-8-12-19)23(25-2)28-21(17)16-26-14-18-9-5-3-6-10-18/h3-13,17,20-23H,14-16H2,1-2H3/t17-,20+,21?,22?,23-/m1/s1. The zero-order valence-electron chi connectivity index (χ0n) is 16.4. The quantitative estimate of drug-likeness (QED) is 0.618. The highest BCUT2D eigenvalue weighted by Crippen LogP contribution is 2.33. The zero-order chi connectivity index (χ0) is 19.8. The van der Waals surface area contributed by atoms with Gasteiger partial charge in [0, 0.05) is 7.11 Å². The number of methoxy groups -OCH3 is 1. The van der Waals surface area contributed by atoms with Crippen molar-refractivity contribution in [1.29, 1.82) is 0 Å². The van der Waals surface area contributed by atoms with Gasteiger partial charge in [-0.1, -0.05) is 67.6 Å². The fourth-order valence-corrected chi connectivity index (χ4v) is 3.51. The van der Waals surface area contributed by atoms with Gasteiger partial charge in [-0.3, -0.25) is 0 Å². The van der Waals surface area contributed by atoms with Crippen LogP contribution in [-0.2, 0) is 37.0 Å². The number of benzene rings is 2. The molecular weight excluding hydrogens is 356 g/mol. The molecule has 0 spiro atoms. The van der Waals surface area contributed by atoms with Crippen molar-refractivity contribution in [2.75, 3.05) is 13.7 Å². The van der Waals surface area contributed by atoms with Crippen molar-refractivity contribution >= 4 is 6.29 Å². The predicted octanol–water partition coefficient (Wildman–Crippen LogP) is 3.61. The molecule has 3 rings (SSSR count). The first-order valence-electron chi connectivity index (χ1n) is 9.63. The van der Waals surface area contributed by atoms with Crippen LogP contribution in [0.25, 0.3) is 0 Å². The van der Waals surface area contributed by atoms with E-state index >= 15 is 0 Å². The van der Waals surface area contributed by atoms with Crippen molar-refractivity contribution in [2.24, 2.45) is 11.8 Å². The Bertz CT molecular complexity index is 705. The van der Waals surface area contributed by atoms with Crippen LogP contribution in [0.4, 0.5) is 0 Å². The summed E-state index contributed by atoms with van der Waals surface area (Å²) in [5.41, 5.74) is 2.15. The van der Waals surface area contributed by atoms with Gasteiger partial charge in [-0.25, -0.2) is 0 Å². The van der Waals surface area contributed by atoms with Gasteiger partial charge >= 0.3 is 0 Å². The van der Waals surface area contributed by atoms with Crippen LogP contribution >= 0.6 is 0 Å². The molecule has 150 valence electrons. The lowest BCUT2D eigenvalue weighted by Gasteiger charge is -2.43. The molecule has 5 nitrogen and oxygen atoms in total. The molecule has 0 bridgehead atoms. The Kier molecular flexibility index (Phi) is 7.74. The monoisotopic (exact) mass is 384 g/mol. The lowest BCUT2D eigenvalue weighted by molar-refractivity contribution is -0.278. The molecule has 0 aliphatic carbocycles. The molecule has 2 unspecified atom stereocenters. The second-order valence-electron chi connectivity index (χ2n) is 7.11. The van der Waals surface area contributed by atoms with Crippen molar-refractivity contribution in [2.45, 2.75) is 38.6 Å². The third kappa shape index (κ3) is 5.26. The van der Waals surface area contributed by atoms with Crippen LogP contribution in [0.2, 0.25) is 0 Å². The van der Waals surface area contributed by atoms with Gasteiger partial charge in [0.2, 0.25) is 0 Å². The Morgan fingerprint density at radius 2 is 1.57 bits per heavy atom. The minimum Gasteiger partial charge on any atom is -0.374 e. The summed E-state index contributed by atoms with van der Waals surface area (Å²) in [5, 5.41) is 0. The summed E-state index contributed by atoms with van der Waals surface area (Å²) in [5.74, 6) is -0.367. The summed E-state index contributed by atoms with van der Waals surface area (Å²) in [6.45, 7) is 3.30. The van der Waals surface area contributed by atoms with E-state index in [1.54, 1.807) is 7.11 Å². The Morgan fingerprint density at radius 3 is 2.14 bits per heavy atom. The molecule has 2 aromatic rings. The summed E-state index contributed by atoms with van der Waals surface area (Å²) in [7, 11) is 1.57. The lowest BCUT2D eigenvalue weighted by Crippen LogP contribution is -2.53. The number of ether oxygens (including phenoxy) is 4. The Balaban J connectivity index is 1.59. The van der Waals surface area contributed by atoms with E-state index in [4.69, 9.17) is 18.9 Å². The summed E-state index contributed by atoms with van der Waals surface area (Å²) < 4.78 is 23.5.